The van der Waals surface area contributed by atoms with Crippen LogP contribution in [0.5, 0.6) is 0 Å². The number of carboxylic acids is 1. The number of carbonyl (C=O) groups excluding carboxylic acids is 1. The zero-order valence-electron chi connectivity index (χ0n) is 9.93. The molecule has 0 spiro atoms. The molecule has 1 aromatic carbocycles. The van der Waals surface area contributed by atoms with E-state index in [1.165, 1.54) is 6.07 Å². The van der Waals surface area contributed by atoms with Crippen LogP contribution in [0.25, 0.3) is 0 Å². The molecule has 2 N–H and O–H groups in total. The first-order chi connectivity index (χ1) is 9.49. The predicted octanol–water partition coefficient (Wildman–Crippen LogP) is 2.31. The molecule has 2 aromatic rings. The summed E-state index contributed by atoms with van der Waals surface area (Å²) in [5.41, 5.74) is -0.956. The van der Waals surface area contributed by atoms with Gasteiger partial charge in [0.1, 0.15) is 22.9 Å². The average molecular weight is 278 g/mol. The van der Waals surface area contributed by atoms with Gasteiger partial charge in [-0.3, -0.25) is 4.79 Å². The maximum Gasteiger partial charge on any atom is 0.354 e. The molecule has 0 saturated carbocycles. The van der Waals surface area contributed by atoms with E-state index in [-0.39, 0.29) is 11.4 Å². The van der Waals surface area contributed by atoms with Gasteiger partial charge in [0.25, 0.3) is 5.91 Å². The molecule has 0 aliphatic rings. The van der Waals surface area contributed by atoms with Crippen LogP contribution in [0.15, 0.2) is 36.5 Å². The Hall–Kier alpha value is -2.83. The zero-order chi connectivity index (χ0) is 14.7. The van der Waals surface area contributed by atoms with Gasteiger partial charge in [-0.05, 0) is 24.3 Å². The fourth-order valence-electron chi connectivity index (χ4n) is 1.53. The summed E-state index contributed by atoms with van der Waals surface area (Å²) >= 11 is 0. The third-order valence-corrected chi connectivity index (χ3v) is 2.43. The van der Waals surface area contributed by atoms with Gasteiger partial charge in [0.15, 0.2) is 0 Å². The number of nitrogens with zero attached hydrogens (tertiary/aromatic N) is 1. The number of hydrogen-bond donors (Lipinski definition) is 2. The Kier molecular flexibility index (Phi) is 3.69. The quantitative estimate of drug-likeness (QED) is 0.903. The second kappa shape index (κ2) is 5.43. The second-order valence-electron chi connectivity index (χ2n) is 3.79. The van der Waals surface area contributed by atoms with E-state index in [4.69, 9.17) is 5.11 Å². The molecule has 0 atom stereocenters. The SMILES string of the molecule is O=C(O)c1cc(NC(=O)c2c(F)cccc2F)ccn1. The molecule has 0 fully saturated rings. The summed E-state index contributed by atoms with van der Waals surface area (Å²) in [6.07, 6.45) is 1.16. The fourth-order valence-corrected chi connectivity index (χ4v) is 1.53. The summed E-state index contributed by atoms with van der Waals surface area (Å²) in [7, 11) is 0. The number of carbonyl (C=O) groups is 2. The molecule has 1 amide bonds. The number of benzene rings is 1. The zero-order valence-corrected chi connectivity index (χ0v) is 9.93. The number of anilines is 1. The number of amides is 1. The Morgan fingerprint density at radius 3 is 2.40 bits per heavy atom. The van der Waals surface area contributed by atoms with E-state index in [9.17, 15) is 18.4 Å². The van der Waals surface area contributed by atoms with Crippen molar-refractivity contribution in [3.8, 4) is 0 Å². The smallest absolute Gasteiger partial charge is 0.354 e. The van der Waals surface area contributed by atoms with Crippen LogP contribution in [-0.4, -0.2) is 22.0 Å². The van der Waals surface area contributed by atoms with Crippen LogP contribution in [0.3, 0.4) is 0 Å². The van der Waals surface area contributed by atoms with E-state index in [1.807, 2.05) is 0 Å². The standard InChI is InChI=1S/C13H8F2N2O3/c14-8-2-1-3-9(15)11(8)12(18)17-7-4-5-16-10(6-7)13(19)20/h1-6H,(H,19,20)(H,16,17,18). The second-order valence-corrected chi connectivity index (χ2v) is 3.79. The van der Waals surface area contributed by atoms with Gasteiger partial charge < -0.3 is 10.4 Å². The average Bonchev–Trinajstić information content (AvgIpc) is 2.38. The summed E-state index contributed by atoms with van der Waals surface area (Å²) < 4.78 is 26.8. The minimum atomic E-state index is -1.28. The highest BCUT2D eigenvalue weighted by Crippen LogP contribution is 2.15. The molecular weight excluding hydrogens is 270 g/mol. The topological polar surface area (TPSA) is 79.3 Å². The van der Waals surface area contributed by atoms with Crippen LogP contribution >= 0.6 is 0 Å². The Bertz CT molecular complexity index is 669. The van der Waals surface area contributed by atoms with Gasteiger partial charge in [-0.1, -0.05) is 6.07 Å². The third kappa shape index (κ3) is 2.77. The number of aromatic nitrogens is 1. The van der Waals surface area contributed by atoms with E-state index in [1.54, 1.807) is 0 Å². The van der Waals surface area contributed by atoms with Crippen molar-refractivity contribution in [2.24, 2.45) is 0 Å². The Balaban J connectivity index is 2.28. The highest BCUT2D eigenvalue weighted by molar-refractivity contribution is 6.05. The van der Waals surface area contributed by atoms with Crippen LogP contribution in [0.2, 0.25) is 0 Å². The summed E-state index contributed by atoms with van der Waals surface area (Å²) in [5, 5.41) is 11.0. The molecular formula is C13H8F2N2O3. The molecule has 0 unspecified atom stereocenters. The molecule has 5 nitrogen and oxygen atoms in total. The first-order valence-electron chi connectivity index (χ1n) is 5.44. The van der Waals surface area contributed by atoms with Crippen molar-refractivity contribution in [1.82, 2.24) is 4.98 Å². The molecule has 102 valence electrons. The number of halogens is 2. The van der Waals surface area contributed by atoms with E-state index in [0.29, 0.717) is 0 Å². The summed E-state index contributed by atoms with van der Waals surface area (Å²) in [5.74, 6) is -4.30. The van der Waals surface area contributed by atoms with E-state index in [2.05, 4.69) is 10.3 Å². The molecule has 1 heterocycles. The van der Waals surface area contributed by atoms with E-state index >= 15 is 0 Å². The molecule has 2 rings (SSSR count). The van der Waals surface area contributed by atoms with E-state index in [0.717, 1.165) is 30.5 Å². The highest BCUT2D eigenvalue weighted by atomic mass is 19.1. The highest BCUT2D eigenvalue weighted by Gasteiger charge is 2.17. The summed E-state index contributed by atoms with van der Waals surface area (Å²) in [6.45, 7) is 0. The number of hydrogen-bond acceptors (Lipinski definition) is 3. The summed E-state index contributed by atoms with van der Waals surface area (Å²) in [4.78, 5) is 26.1. The monoisotopic (exact) mass is 278 g/mol. The molecule has 7 heteroatoms. The lowest BCUT2D eigenvalue weighted by molar-refractivity contribution is 0.0690. The number of aromatic carboxylic acids is 1. The number of rotatable bonds is 3. The summed E-state index contributed by atoms with van der Waals surface area (Å²) in [6, 6.07) is 5.43. The molecule has 0 bridgehead atoms. The molecule has 0 aliphatic heterocycles. The van der Waals surface area contributed by atoms with Gasteiger partial charge in [-0.25, -0.2) is 18.6 Å². The molecule has 1 aromatic heterocycles. The third-order valence-electron chi connectivity index (χ3n) is 2.43. The maximum atomic E-state index is 13.4. The van der Waals surface area contributed by atoms with Crippen molar-refractivity contribution in [3.05, 3.63) is 59.4 Å². The minimum absolute atomic E-state index is 0.0741. The molecule has 0 saturated heterocycles. The number of carboxylic acid groups (broad SMARTS) is 1. The van der Waals surface area contributed by atoms with Crippen LogP contribution in [-0.2, 0) is 0 Å². The van der Waals surface area contributed by atoms with Crippen molar-refractivity contribution in [3.63, 3.8) is 0 Å². The first kappa shape index (κ1) is 13.6. The van der Waals surface area contributed by atoms with Crippen molar-refractivity contribution < 1.29 is 23.5 Å². The first-order valence-corrected chi connectivity index (χ1v) is 5.44. The van der Waals surface area contributed by atoms with Crippen molar-refractivity contribution >= 4 is 17.6 Å². The van der Waals surface area contributed by atoms with Crippen LogP contribution in [0.1, 0.15) is 20.8 Å². The molecule has 0 aliphatic carbocycles. The van der Waals surface area contributed by atoms with Crippen LogP contribution in [0, 0.1) is 11.6 Å². The molecule has 0 radical (unpaired) electrons. The van der Waals surface area contributed by atoms with Gasteiger partial charge >= 0.3 is 5.97 Å². The lowest BCUT2D eigenvalue weighted by atomic mass is 10.2. The normalized spacial score (nSPS) is 10.1. The largest absolute Gasteiger partial charge is 0.477 e. The van der Waals surface area contributed by atoms with Gasteiger partial charge in [-0.2, -0.15) is 0 Å². The maximum absolute atomic E-state index is 13.4. The Labute approximate surface area is 111 Å². The Morgan fingerprint density at radius 1 is 1.15 bits per heavy atom. The van der Waals surface area contributed by atoms with Gasteiger partial charge in [0.2, 0.25) is 0 Å². The van der Waals surface area contributed by atoms with Gasteiger partial charge in [0.05, 0.1) is 0 Å². The fraction of sp³-hybridized carbons (Fsp3) is 0. The van der Waals surface area contributed by atoms with E-state index < -0.39 is 29.1 Å². The van der Waals surface area contributed by atoms with Crippen molar-refractivity contribution in [2.45, 2.75) is 0 Å². The lowest BCUT2D eigenvalue weighted by Gasteiger charge is -2.07. The number of pyridine rings is 1. The van der Waals surface area contributed by atoms with Crippen LogP contribution in [0.4, 0.5) is 14.5 Å². The lowest BCUT2D eigenvalue weighted by Crippen LogP contribution is -2.16. The Morgan fingerprint density at radius 2 is 1.80 bits per heavy atom. The molecule has 20 heavy (non-hydrogen) atoms. The van der Waals surface area contributed by atoms with Crippen molar-refractivity contribution in [2.75, 3.05) is 5.32 Å². The number of nitrogens with one attached hydrogen (secondary N) is 1. The van der Waals surface area contributed by atoms with Gasteiger partial charge in [-0.15, -0.1) is 0 Å². The van der Waals surface area contributed by atoms with Crippen molar-refractivity contribution in [1.29, 1.82) is 0 Å². The predicted molar refractivity (Wildman–Crippen MR) is 65.5 cm³/mol. The van der Waals surface area contributed by atoms with Crippen LogP contribution < -0.4 is 5.32 Å². The minimum Gasteiger partial charge on any atom is -0.477 e. The van der Waals surface area contributed by atoms with Gasteiger partial charge in [0, 0.05) is 11.9 Å².